The summed E-state index contributed by atoms with van der Waals surface area (Å²) >= 11 is 5.89. The molecule has 1 aliphatic heterocycles. The van der Waals surface area contributed by atoms with Crippen LogP contribution in [-0.4, -0.2) is 10.8 Å². The number of halogens is 2. The van der Waals surface area contributed by atoms with Gasteiger partial charge in [-0.3, -0.25) is 9.98 Å². The number of pyridine rings is 1. The predicted molar refractivity (Wildman–Crippen MR) is 94.5 cm³/mol. The zero-order chi connectivity index (χ0) is 16.9. The van der Waals surface area contributed by atoms with E-state index >= 15 is 0 Å². The molecule has 1 aromatic heterocycles. The van der Waals surface area contributed by atoms with E-state index in [9.17, 15) is 4.39 Å². The van der Waals surface area contributed by atoms with Crippen molar-refractivity contribution in [2.45, 2.75) is 38.1 Å². The second kappa shape index (κ2) is 5.28. The lowest BCUT2D eigenvalue weighted by molar-refractivity contribution is 0.359. The van der Waals surface area contributed by atoms with Crippen LogP contribution < -0.4 is 5.73 Å². The Labute approximate surface area is 145 Å². The zero-order valence-electron chi connectivity index (χ0n) is 13.5. The third-order valence-electron chi connectivity index (χ3n) is 5.42. The Hall–Kier alpha value is -1.94. The van der Waals surface area contributed by atoms with Gasteiger partial charge in [0.2, 0.25) is 0 Å². The number of amidine groups is 1. The van der Waals surface area contributed by atoms with Crippen molar-refractivity contribution in [2.24, 2.45) is 16.1 Å². The van der Waals surface area contributed by atoms with Crippen molar-refractivity contribution in [3.8, 4) is 11.3 Å². The molecule has 1 spiro atoms. The van der Waals surface area contributed by atoms with Crippen LogP contribution in [0, 0.1) is 11.2 Å². The lowest BCUT2D eigenvalue weighted by Gasteiger charge is -2.34. The molecule has 0 bridgehead atoms. The molecule has 1 saturated carbocycles. The predicted octanol–water partition coefficient (Wildman–Crippen LogP) is 4.69. The van der Waals surface area contributed by atoms with Gasteiger partial charge in [-0.2, -0.15) is 0 Å². The molecular weight excluding hydrogens is 325 g/mol. The third kappa shape index (κ3) is 2.49. The fourth-order valence-electron chi connectivity index (χ4n) is 3.55. The van der Waals surface area contributed by atoms with Gasteiger partial charge >= 0.3 is 0 Å². The Bertz CT molecular complexity index is 827. The first kappa shape index (κ1) is 15.6. The highest BCUT2D eigenvalue weighted by Crippen LogP contribution is 2.55. The third-order valence-corrected chi connectivity index (χ3v) is 5.65. The number of nitrogens with zero attached hydrogens (tertiary/aromatic N) is 2. The topological polar surface area (TPSA) is 51.3 Å². The summed E-state index contributed by atoms with van der Waals surface area (Å²) in [6.07, 6.45) is 5.59. The second-order valence-corrected chi connectivity index (χ2v) is 7.54. The smallest absolute Gasteiger partial charge is 0.128 e. The molecule has 0 amide bonds. The number of benzene rings is 1. The Morgan fingerprint density at radius 3 is 2.50 bits per heavy atom. The van der Waals surface area contributed by atoms with Gasteiger partial charge in [-0.05, 0) is 62.9 Å². The van der Waals surface area contributed by atoms with E-state index in [1.54, 1.807) is 18.3 Å². The van der Waals surface area contributed by atoms with E-state index in [1.807, 2.05) is 19.1 Å². The first-order valence-corrected chi connectivity index (χ1v) is 8.58. The lowest BCUT2D eigenvalue weighted by Crippen LogP contribution is -2.37. The molecule has 4 rings (SSSR count). The molecular formula is C19H19ClFN3. The largest absolute Gasteiger partial charge is 0.387 e. The molecule has 1 fully saturated rings. The molecule has 0 radical (unpaired) electrons. The number of nitrogens with two attached hydrogens (primary N) is 1. The van der Waals surface area contributed by atoms with Gasteiger partial charge in [0, 0.05) is 22.7 Å². The van der Waals surface area contributed by atoms with Gasteiger partial charge in [0.15, 0.2) is 0 Å². The number of aliphatic imine (C=N–C) groups is 1. The molecule has 1 aliphatic carbocycles. The lowest BCUT2D eigenvalue weighted by atomic mass is 9.79. The van der Waals surface area contributed by atoms with Crippen LogP contribution in [0.15, 0.2) is 41.5 Å². The molecule has 2 N–H and O–H groups in total. The first-order chi connectivity index (χ1) is 11.4. The molecule has 2 aliphatic rings. The van der Waals surface area contributed by atoms with E-state index in [4.69, 9.17) is 22.3 Å². The van der Waals surface area contributed by atoms with Gasteiger partial charge in [-0.25, -0.2) is 4.39 Å². The summed E-state index contributed by atoms with van der Waals surface area (Å²) in [5, 5.41) is 0.576. The quantitative estimate of drug-likeness (QED) is 0.860. The molecule has 0 unspecified atom stereocenters. The maximum atomic E-state index is 14.6. The molecule has 124 valence electrons. The summed E-state index contributed by atoms with van der Waals surface area (Å²) in [5.41, 5.74) is 7.88. The monoisotopic (exact) mass is 343 g/mol. The SMILES string of the molecule is C[C@@]1(c2cc(-c3ccc(Cl)cn3)ccc2F)CCC2(CC2)C(N)=N1. The molecule has 5 heteroatoms. The van der Waals surface area contributed by atoms with E-state index in [0.717, 1.165) is 36.9 Å². The van der Waals surface area contributed by atoms with Crippen LogP contribution in [0.4, 0.5) is 4.39 Å². The summed E-state index contributed by atoms with van der Waals surface area (Å²) < 4.78 is 14.6. The number of hydrogen-bond acceptors (Lipinski definition) is 3. The van der Waals surface area contributed by atoms with Gasteiger partial charge < -0.3 is 5.73 Å². The number of aromatic nitrogens is 1. The van der Waals surface area contributed by atoms with Crippen LogP contribution in [0.1, 0.15) is 38.2 Å². The van der Waals surface area contributed by atoms with E-state index in [0.29, 0.717) is 16.4 Å². The second-order valence-electron chi connectivity index (χ2n) is 7.11. The van der Waals surface area contributed by atoms with Crippen molar-refractivity contribution >= 4 is 17.4 Å². The van der Waals surface area contributed by atoms with Crippen molar-refractivity contribution in [3.63, 3.8) is 0 Å². The minimum absolute atomic E-state index is 0.103. The van der Waals surface area contributed by atoms with Crippen molar-refractivity contribution in [1.29, 1.82) is 0 Å². The van der Waals surface area contributed by atoms with Gasteiger partial charge in [0.1, 0.15) is 11.7 Å². The Balaban J connectivity index is 1.76. The summed E-state index contributed by atoms with van der Waals surface area (Å²) in [4.78, 5) is 9.04. The van der Waals surface area contributed by atoms with Crippen LogP contribution >= 0.6 is 11.6 Å². The van der Waals surface area contributed by atoms with Crippen LogP contribution in [0.25, 0.3) is 11.3 Å². The standard InChI is InChI=1S/C19H19ClFN3/c1-18(6-7-19(8-9-19)17(22)24-18)14-10-12(2-4-15(14)21)16-5-3-13(20)11-23-16/h2-5,10-11H,6-9H2,1H3,(H2,22,24)/t18-/m0/s1. The first-order valence-electron chi connectivity index (χ1n) is 8.20. The molecule has 1 atom stereocenters. The maximum absolute atomic E-state index is 14.6. The number of rotatable bonds is 2. The summed E-state index contributed by atoms with van der Waals surface area (Å²) in [5.74, 6) is 0.434. The Morgan fingerprint density at radius 2 is 1.88 bits per heavy atom. The average molecular weight is 344 g/mol. The molecule has 2 heterocycles. The zero-order valence-corrected chi connectivity index (χ0v) is 14.3. The van der Waals surface area contributed by atoms with Gasteiger partial charge in [-0.1, -0.05) is 11.6 Å². The van der Waals surface area contributed by atoms with E-state index in [1.165, 1.54) is 6.07 Å². The van der Waals surface area contributed by atoms with Crippen LogP contribution in [0.5, 0.6) is 0 Å². The van der Waals surface area contributed by atoms with Crippen LogP contribution in [0.3, 0.4) is 0 Å². The summed E-state index contributed by atoms with van der Waals surface area (Å²) in [7, 11) is 0. The summed E-state index contributed by atoms with van der Waals surface area (Å²) in [6.45, 7) is 1.96. The highest BCUT2D eigenvalue weighted by Gasteiger charge is 2.51. The van der Waals surface area contributed by atoms with E-state index in [2.05, 4.69) is 4.98 Å². The van der Waals surface area contributed by atoms with Crippen LogP contribution in [0.2, 0.25) is 5.02 Å². The van der Waals surface area contributed by atoms with Crippen molar-refractivity contribution in [1.82, 2.24) is 4.98 Å². The highest BCUT2D eigenvalue weighted by atomic mass is 35.5. The van der Waals surface area contributed by atoms with Crippen molar-refractivity contribution < 1.29 is 4.39 Å². The highest BCUT2D eigenvalue weighted by molar-refractivity contribution is 6.30. The van der Waals surface area contributed by atoms with Gasteiger partial charge in [0.05, 0.1) is 16.3 Å². The molecule has 1 aromatic carbocycles. The molecule has 0 saturated heterocycles. The minimum Gasteiger partial charge on any atom is -0.387 e. The van der Waals surface area contributed by atoms with Gasteiger partial charge in [-0.15, -0.1) is 0 Å². The minimum atomic E-state index is -0.621. The summed E-state index contributed by atoms with van der Waals surface area (Å²) in [6, 6.07) is 8.67. The Morgan fingerprint density at radius 1 is 1.12 bits per heavy atom. The van der Waals surface area contributed by atoms with Crippen LogP contribution in [-0.2, 0) is 5.54 Å². The average Bonchev–Trinajstić information content (AvgIpc) is 3.34. The van der Waals surface area contributed by atoms with E-state index < -0.39 is 5.54 Å². The Kier molecular flexibility index (Phi) is 3.43. The van der Waals surface area contributed by atoms with E-state index in [-0.39, 0.29) is 11.2 Å². The molecule has 3 nitrogen and oxygen atoms in total. The molecule has 2 aromatic rings. The fourth-order valence-corrected chi connectivity index (χ4v) is 3.66. The van der Waals surface area contributed by atoms with Gasteiger partial charge in [0.25, 0.3) is 0 Å². The number of hydrogen-bond donors (Lipinski definition) is 1. The normalized spacial score (nSPS) is 24.7. The van der Waals surface area contributed by atoms with Crippen molar-refractivity contribution in [3.05, 3.63) is 52.9 Å². The maximum Gasteiger partial charge on any atom is 0.128 e. The van der Waals surface area contributed by atoms with Crippen molar-refractivity contribution in [2.75, 3.05) is 0 Å². The molecule has 24 heavy (non-hydrogen) atoms. The fraction of sp³-hybridized carbons (Fsp3) is 0.368.